The molecule has 5 heteroatoms. The van der Waals surface area contributed by atoms with Gasteiger partial charge < -0.3 is 9.38 Å². The molecular formula is C58H53BN2S2. The highest BCUT2D eigenvalue weighted by atomic mass is 32.1. The molecule has 0 saturated heterocycles. The zero-order valence-electron chi connectivity index (χ0n) is 38.2. The van der Waals surface area contributed by atoms with Crippen LogP contribution < -0.4 is 15.7 Å². The van der Waals surface area contributed by atoms with Crippen LogP contribution in [0.3, 0.4) is 0 Å². The summed E-state index contributed by atoms with van der Waals surface area (Å²) in [5, 5.41) is 8.14. The van der Waals surface area contributed by atoms with Gasteiger partial charge in [0.15, 0.2) is 0 Å². The lowest BCUT2D eigenvalue weighted by Crippen LogP contribution is -2.60. The maximum absolute atomic E-state index is 2.73. The van der Waals surface area contributed by atoms with Crippen molar-refractivity contribution in [2.75, 3.05) is 4.81 Å². The number of rotatable bonds is 1. The molecule has 1 aliphatic carbocycles. The second-order valence-electron chi connectivity index (χ2n) is 22.4. The van der Waals surface area contributed by atoms with Crippen molar-refractivity contribution in [1.29, 1.82) is 0 Å². The summed E-state index contributed by atoms with van der Waals surface area (Å²) in [5.41, 5.74) is 18.1. The van der Waals surface area contributed by atoms with Crippen molar-refractivity contribution in [3.63, 3.8) is 0 Å². The number of hydrogen-bond donors (Lipinski definition) is 0. The van der Waals surface area contributed by atoms with Crippen LogP contribution in [0.15, 0.2) is 115 Å². The highest BCUT2D eigenvalue weighted by molar-refractivity contribution is 7.26. The van der Waals surface area contributed by atoms with Crippen molar-refractivity contribution in [3.8, 4) is 16.8 Å². The van der Waals surface area contributed by atoms with E-state index in [9.17, 15) is 0 Å². The topological polar surface area (TPSA) is 8.17 Å². The highest BCUT2D eigenvalue weighted by Crippen LogP contribution is 2.53. The van der Waals surface area contributed by atoms with Crippen LogP contribution in [0.1, 0.15) is 104 Å². The van der Waals surface area contributed by atoms with Crippen molar-refractivity contribution >= 4 is 114 Å². The second-order valence-corrected chi connectivity index (χ2v) is 24.6. The molecule has 0 fully saturated rings. The molecule has 0 saturated carbocycles. The first kappa shape index (κ1) is 38.1. The van der Waals surface area contributed by atoms with E-state index in [0.717, 1.165) is 0 Å². The maximum Gasteiger partial charge on any atom is 0.333 e. The lowest BCUT2D eigenvalue weighted by molar-refractivity contribution is 0.332. The lowest BCUT2D eigenvalue weighted by Gasteiger charge is -2.42. The molecule has 5 heterocycles. The van der Waals surface area contributed by atoms with Crippen molar-refractivity contribution in [2.45, 2.75) is 104 Å². The molecule has 0 radical (unpaired) electrons. The Balaban J connectivity index is 1.17. The van der Waals surface area contributed by atoms with Gasteiger partial charge in [0.25, 0.3) is 0 Å². The van der Waals surface area contributed by atoms with Gasteiger partial charge in [-0.2, -0.15) is 0 Å². The van der Waals surface area contributed by atoms with Gasteiger partial charge in [-0.15, -0.1) is 22.7 Å². The van der Waals surface area contributed by atoms with Crippen molar-refractivity contribution in [3.05, 3.63) is 138 Å². The molecule has 2 nitrogen and oxygen atoms in total. The lowest BCUT2D eigenvalue weighted by atomic mass is 9.43. The fourth-order valence-electron chi connectivity index (χ4n) is 11.8. The Kier molecular flexibility index (Phi) is 7.42. The van der Waals surface area contributed by atoms with E-state index in [1.165, 1.54) is 136 Å². The monoisotopic (exact) mass is 852 g/mol. The Labute approximate surface area is 379 Å². The van der Waals surface area contributed by atoms with Crippen molar-refractivity contribution < 1.29 is 0 Å². The zero-order chi connectivity index (χ0) is 43.3. The van der Waals surface area contributed by atoms with Crippen molar-refractivity contribution in [2.24, 2.45) is 0 Å². The first-order valence-corrected chi connectivity index (χ1v) is 24.6. The summed E-state index contributed by atoms with van der Waals surface area (Å²) in [5.74, 6) is 0. The minimum atomic E-state index is -0.0254. The Hall–Kier alpha value is -5.36. The minimum absolute atomic E-state index is 0.0128. The summed E-state index contributed by atoms with van der Waals surface area (Å²) in [7, 11) is 0. The van der Waals surface area contributed by atoms with Crippen molar-refractivity contribution in [1.82, 2.24) is 4.57 Å². The molecule has 13 rings (SSSR count). The number of benzene rings is 7. The Morgan fingerprint density at radius 2 is 1.14 bits per heavy atom. The first-order chi connectivity index (χ1) is 30.0. The van der Waals surface area contributed by atoms with Gasteiger partial charge in [-0.3, -0.25) is 0 Å². The minimum Gasteiger partial charge on any atom is -0.376 e. The average molecular weight is 853 g/mol. The van der Waals surface area contributed by atoms with Crippen LogP contribution in [0, 0.1) is 0 Å². The van der Waals surface area contributed by atoms with Gasteiger partial charge >= 0.3 is 6.85 Å². The van der Waals surface area contributed by atoms with Crippen LogP contribution in [-0.2, 0) is 21.7 Å². The number of fused-ring (bicyclic) bond motifs is 15. The molecule has 63 heavy (non-hydrogen) atoms. The van der Waals surface area contributed by atoms with Gasteiger partial charge in [-0.1, -0.05) is 124 Å². The second kappa shape index (κ2) is 12.3. The van der Waals surface area contributed by atoms with E-state index in [1.54, 1.807) is 0 Å². The third kappa shape index (κ3) is 5.18. The average Bonchev–Trinajstić information content (AvgIpc) is 3.90. The molecule has 3 aliphatic rings. The fraction of sp³-hybridized carbons (Fsp3) is 0.276. The van der Waals surface area contributed by atoms with Gasteiger partial charge in [0.2, 0.25) is 0 Å². The SMILES string of the molecule is CC(C)(C)c1ccc(N2B3c4cc(C(C)(C)C)ccc4-n4c5cc6sc7ccccc7c6cc5c5ccc(c3c54)-c3cc4sc5cc6c(cc5c4cc32)C(C)(C)CCC6(C)C)cc1. The standard InChI is InChI=1S/C58H53BN2S2/c1-55(2,3)32-15-18-34(19-16-32)61-48-28-42-41-27-43-44(58(9,10)24-23-57(43,7)8)30-51(41)63-50(42)29-39(48)36-20-21-37-38-26-40-35-13-11-12-14-49(35)62-52(40)31-47(38)60-46-22-17-33(56(4,5)6)25-45(46)59(61)53(36)54(37)60/h11-22,25-31H,23-24H2,1-10H3. The van der Waals surface area contributed by atoms with E-state index in [2.05, 4.69) is 194 Å². The van der Waals surface area contributed by atoms with Crippen LogP contribution in [0.2, 0.25) is 0 Å². The van der Waals surface area contributed by atoms with Gasteiger partial charge in [-0.05, 0) is 134 Å². The number of aromatic nitrogens is 1. The molecule has 10 aromatic rings. The number of anilines is 2. The van der Waals surface area contributed by atoms with Crippen LogP contribution in [0.5, 0.6) is 0 Å². The third-order valence-electron chi connectivity index (χ3n) is 15.5. The summed E-state index contributed by atoms with van der Waals surface area (Å²) >= 11 is 3.90. The summed E-state index contributed by atoms with van der Waals surface area (Å²) in [4.78, 5) is 2.73. The van der Waals surface area contributed by atoms with Crippen LogP contribution in [-0.4, -0.2) is 11.4 Å². The molecule has 0 amide bonds. The summed E-state index contributed by atoms with van der Waals surface area (Å²) in [6, 6.07) is 46.1. The van der Waals surface area contributed by atoms with Gasteiger partial charge in [0.1, 0.15) is 0 Å². The molecule has 2 aliphatic heterocycles. The number of thiophene rings is 2. The highest BCUT2D eigenvalue weighted by Gasteiger charge is 2.45. The molecule has 7 aromatic carbocycles. The van der Waals surface area contributed by atoms with Crippen LogP contribution in [0.25, 0.3) is 79.0 Å². The van der Waals surface area contributed by atoms with Gasteiger partial charge in [0, 0.05) is 73.7 Å². The molecule has 310 valence electrons. The van der Waals surface area contributed by atoms with E-state index >= 15 is 0 Å². The largest absolute Gasteiger partial charge is 0.376 e. The molecule has 0 atom stereocenters. The fourth-order valence-corrected chi connectivity index (χ4v) is 14.1. The molecule has 0 N–H and O–H groups in total. The summed E-state index contributed by atoms with van der Waals surface area (Å²) < 4.78 is 8.11. The van der Waals surface area contributed by atoms with E-state index in [1.807, 2.05) is 22.7 Å². The number of nitrogens with zero attached hydrogens (tertiary/aromatic N) is 2. The Morgan fingerprint density at radius 3 is 1.89 bits per heavy atom. The molecule has 0 spiro atoms. The molecular weight excluding hydrogens is 800 g/mol. The predicted octanol–water partition coefficient (Wildman–Crippen LogP) is 15.7. The normalized spacial score (nSPS) is 16.5. The molecule has 3 aromatic heterocycles. The summed E-state index contributed by atoms with van der Waals surface area (Å²) in [6.45, 7) is 23.8. The molecule has 0 bridgehead atoms. The maximum atomic E-state index is 2.73. The first-order valence-electron chi connectivity index (χ1n) is 23.0. The van der Waals surface area contributed by atoms with E-state index in [4.69, 9.17) is 0 Å². The van der Waals surface area contributed by atoms with E-state index in [0.29, 0.717) is 0 Å². The zero-order valence-corrected chi connectivity index (χ0v) is 39.8. The summed E-state index contributed by atoms with van der Waals surface area (Å²) in [6.07, 6.45) is 2.43. The number of hydrogen-bond acceptors (Lipinski definition) is 3. The Morgan fingerprint density at radius 1 is 0.508 bits per heavy atom. The van der Waals surface area contributed by atoms with Gasteiger partial charge in [0.05, 0.1) is 11.0 Å². The third-order valence-corrected chi connectivity index (χ3v) is 17.8. The smallest absolute Gasteiger partial charge is 0.333 e. The Bertz CT molecular complexity index is 3650. The van der Waals surface area contributed by atoms with Gasteiger partial charge in [-0.25, -0.2) is 0 Å². The van der Waals surface area contributed by atoms with E-state index in [-0.39, 0.29) is 28.5 Å². The van der Waals surface area contributed by atoms with Crippen LogP contribution >= 0.6 is 22.7 Å². The van der Waals surface area contributed by atoms with Crippen LogP contribution in [0.4, 0.5) is 11.4 Å². The molecule has 0 unspecified atom stereocenters. The quantitative estimate of drug-likeness (QED) is 0.149. The predicted molar refractivity (Wildman–Crippen MR) is 278 cm³/mol. The van der Waals surface area contributed by atoms with E-state index < -0.39 is 0 Å².